The van der Waals surface area contributed by atoms with Crippen molar-refractivity contribution in [1.82, 2.24) is 0 Å². The molecule has 0 spiro atoms. The van der Waals surface area contributed by atoms with Crippen LogP contribution in [0.25, 0.3) is 0 Å². The number of anilines is 2. The van der Waals surface area contributed by atoms with Gasteiger partial charge in [0.05, 0.1) is 12.5 Å². The maximum absolute atomic E-state index is 12.4. The number of para-hydroxylation sites is 2. The monoisotopic (exact) mass is 268 g/mol. The second-order valence-electron chi connectivity index (χ2n) is 4.83. The molecule has 4 nitrogen and oxygen atoms in total. The molecular weight excluding hydrogens is 252 g/mol. The number of amides is 1. The lowest BCUT2D eigenvalue weighted by molar-refractivity contribution is -0.117. The van der Waals surface area contributed by atoms with Crippen LogP contribution in [0, 0.1) is 0 Å². The van der Waals surface area contributed by atoms with Crippen LogP contribution in [0.2, 0.25) is 0 Å². The highest BCUT2D eigenvalue weighted by Crippen LogP contribution is 2.32. The third-order valence-electron chi connectivity index (χ3n) is 3.59. The lowest BCUT2D eigenvalue weighted by atomic mass is 10.0. The van der Waals surface area contributed by atoms with Crippen LogP contribution >= 0.6 is 0 Å². The molecule has 1 amide bonds. The molecule has 1 atom stereocenters. The minimum atomic E-state index is -0.196. The van der Waals surface area contributed by atoms with Crippen LogP contribution in [-0.2, 0) is 11.4 Å². The third kappa shape index (κ3) is 2.26. The van der Waals surface area contributed by atoms with Gasteiger partial charge < -0.3 is 15.7 Å². The molecule has 3 N–H and O–H groups in total. The van der Waals surface area contributed by atoms with Crippen molar-refractivity contribution in [3.63, 3.8) is 0 Å². The Kier molecular flexibility index (Phi) is 3.39. The number of benzene rings is 2. The summed E-state index contributed by atoms with van der Waals surface area (Å²) in [5, 5.41) is 15.4. The van der Waals surface area contributed by atoms with Crippen LogP contribution in [0.5, 0.6) is 0 Å². The fourth-order valence-electron chi connectivity index (χ4n) is 2.52. The highest BCUT2D eigenvalue weighted by molar-refractivity contribution is 5.98. The van der Waals surface area contributed by atoms with Crippen molar-refractivity contribution < 1.29 is 9.90 Å². The number of hydrogen-bond donors (Lipinski definition) is 3. The Morgan fingerprint density at radius 1 is 1.20 bits per heavy atom. The molecule has 0 saturated heterocycles. The molecule has 102 valence electrons. The predicted octanol–water partition coefficient (Wildman–Crippen LogP) is 2.33. The molecule has 0 radical (unpaired) electrons. The highest BCUT2D eigenvalue weighted by Gasteiger charge is 2.28. The van der Waals surface area contributed by atoms with Crippen molar-refractivity contribution in [2.45, 2.75) is 12.5 Å². The predicted molar refractivity (Wildman–Crippen MR) is 78.7 cm³/mol. The third-order valence-corrected chi connectivity index (χ3v) is 3.59. The number of aliphatic hydroxyl groups is 1. The number of hydrogen-bond acceptors (Lipinski definition) is 3. The summed E-state index contributed by atoms with van der Waals surface area (Å²) in [6.07, 6.45) is 0. The minimum absolute atomic E-state index is 0.0525. The number of rotatable bonds is 3. The van der Waals surface area contributed by atoms with Gasteiger partial charge in [0.25, 0.3) is 0 Å². The van der Waals surface area contributed by atoms with E-state index in [2.05, 4.69) is 10.6 Å². The van der Waals surface area contributed by atoms with Crippen molar-refractivity contribution in [3.8, 4) is 0 Å². The normalized spacial score (nSPS) is 16.4. The summed E-state index contributed by atoms with van der Waals surface area (Å²) in [6.45, 7) is 0.516. The van der Waals surface area contributed by atoms with Gasteiger partial charge in [-0.25, -0.2) is 0 Å². The Hall–Kier alpha value is -2.33. The van der Waals surface area contributed by atoms with E-state index in [1.54, 1.807) is 12.1 Å². The zero-order valence-electron chi connectivity index (χ0n) is 11.0. The Morgan fingerprint density at radius 2 is 1.95 bits per heavy atom. The summed E-state index contributed by atoms with van der Waals surface area (Å²) in [5.41, 5.74) is 3.43. The zero-order valence-corrected chi connectivity index (χ0v) is 11.0. The van der Waals surface area contributed by atoms with Gasteiger partial charge in [-0.2, -0.15) is 0 Å². The van der Waals surface area contributed by atoms with Gasteiger partial charge in [0.15, 0.2) is 0 Å². The first kappa shape index (κ1) is 12.7. The van der Waals surface area contributed by atoms with Crippen LogP contribution in [0.1, 0.15) is 17.0 Å². The minimum Gasteiger partial charge on any atom is -0.392 e. The van der Waals surface area contributed by atoms with E-state index in [1.807, 2.05) is 36.4 Å². The van der Waals surface area contributed by atoms with Crippen LogP contribution < -0.4 is 10.6 Å². The summed E-state index contributed by atoms with van der Waals surface area (Å²) in [6, 6.07) is 15.1. The maximum atomic E-state index is 12.4. The summed E-state index contributed by atoms with van der Waals surface area (Å²) in [7, 11) is 0. The zero-order chi connectivity index (χ0) is 13.9. The number of carbonyl (C=O) groups excluding carboxylic acids is 1. The first-order valence-corrected chi connectivity index (χ1v) is 6.62. The van der Waals surface area contributed by atoms with E-state index in [1.165, 1.54) is 0 Å². The summed E-state index contributed by atoms with van der Waals surface area (Å²) < 4.78 is 0. The number of fused-ring (bicyclic) bond motifs is 1. The lowest BCUT2D eigenvalue weighted by Crippen LogP contribution is -2.23. The quantitative estimate of drug-likeness (QED) is 0.800. The van der Waals surface area contributed by atoms with E-state index in [9.17, 15) is 9.90 Å². The maximum Gasteiger partial charge on any atom is 0.233 e. The second kappa shape index (κ2) is 5.35. The van der Waals surface area contributed by atoms with Gasteiger partial charge >= 0.3 is 0 Å². The molecule has 2 aromatic carbocycles. The number of nitrogens with one attached hydrogen (secondary N) is 2. The van der Waals surface area contributed by atoms with E-state index in [4.69, 9.17) is 0 Å². The highest BCUT2D eigenvalue weighted by atomic mass is 16.3. The number of aliphatic hydroxyl groups excluding tert-OH is 1. The van der Waals surface area contributed by atoms with E-state index in [0.717, 1.165) is 16.8 Å². The SMILES string of the molecule is O=C(Nc1ccccc1CO)C1CNc2ccccc21. The molecule has 0 saturated carbocycles. The van der Waals surface area contributed by atoms with Gasteiger partial charge in [0.1, 0.15) is 0 Å². The molecule has 1 unspecified atom stereocenters. The smallest absolute Gasteiger partial charge is 0.233 e. The van der Waals surface area contributed by atoms with Crippen molar-refractivity contribution in [1.29, 1.82) is 0 Å². The first-order valence-electron chi connectivity index (χ1n) is 6.62. The van der Waals surface area contributed by atoms with Gasteiger partial charge in [-0.1, -0.05) is 36.4 Å². The molecule has 0 aliphatic carbocycles. The van der Waals surface area contributed by atoms with E-state index in [0.29, 0.717) is 12.2 Å². The molecular formula is C16H16N2O2. The fraction of sp³-hybridized carbons (Fsp3) is 0.188. The molecule has 0 bridgehead atoms. The van der Waals surface area contributed by atoms with Gasteiger partial charge in [-0.15, -0.1) is 0 Å². The first-order chi connectivity index (χ1) is 9.79. The van der Waals surface area contributed by atoms with Gasteiger partial charge in [-0.3, -0.25) is 4.79 Å². The fourth-order valence-corrected chi connectivity index (χ4v) is 2.52. The molecule has 0 aromatic heterocycles. The molecule has 1 heterocycles. The van der Waals surface area contributed by atoms with Crippen LogP contribution in [-0.4, -0.2) is 17.6 Å². The van der Waals surface area contributed by atoms with E-state index >= 15 is 0 Å². The average Bonchev–Trinajstić information content (AvgIpc) is 2.92. The Balaban J connectivity index is 1.81. The standard InChI is InChI=1S/C16H16N2O2/c19-10-11-5-1-3-7-14(11)18-16(20)13-9-17-15-8-4-2-6-12(13)15/h1-8,13,17,19H,9-10H2,(H,18,20). The molecule has 0 fully saturated rings. The Bertz CT molecular complexity index is 640. The molecule has 1 aliphatic rings. The van der Waals surface area contributed by atoms with Crippen molar-refractivity contribution >= 4 is 17.3 Å². The topological polar surface area (TPSA) is 61.4 Å². The average molecular weight is 268 g/mol. The van der Waals surface area contributed by atoms with Crippen molar-refractivity contribution in [2.24, 2.45) is 0 Å². The summed E-state index contributed by atoms with van der Waals surface area (Å²) in [4.78, 5) is 12.4. The van der Waals surface area contributed by atoms with Gasteiger partial charge in [-0.05, 0) is 17.7 Å². The molecule has 4 heteroatoms. The molecule has 3 rings (SSSR count). The van der Waals surface area contributed by atoms with Gasteiger partial charge in [0.2, 0.25) is 5.91 Å². The van der Waals surface area contributed by atoms with Crippen LogP contribution in [0.15, 0.2) is 48.5 Å². The van der Waals surface area contributed by atoms with Crippen LogP contribution in [0.3, 0.4) is 0 Å². The summed E-state index contributed by atoms with van der Waals surface area (Å²) in [5.74, 6) is -0.249. The van der Waals surface area contributed by atoms with Gasteiger partial charge in [0, 0.05) is 23.5 Å². The number of carbonyl (C=O) groups is 1. The Labute approximate surface area is 117 Å². The second-order valence-corrected chi connectivity index (χ2v) is 4.83. The molecule has 2 aromatic rings. The van der Waals surface area contributed by atoms with Crippen LogP contribution in [0.4, 0.5) is 11.4 Å². The Morgan fingerprint density at radius 3 is 2.80 bits per heavy atom. The largest absolute Gasteiger partial charge is 0.392 e. The van der Waals surface area contributed by atoms with E-state index < -0.39 is 0 Å². The summed E-state index contributed by atoms with van der Waals surface area (Å²) >= 11 is 0. The lowest BCUT2D eigenvalue weighted by Gasteiger charge is -2.13. The van der Waals surface area contributed by atoms with E-state index in [-0.39, 0.29) is 18.4 Å². The van der Waals surface area contributed by atoms with Crippen molar-refractivity contribution in [3.05, 3.63) is 59.7 Å². The van der Waals surface area contributed by atoms with Crippen molar-refractivity contribution in [2.75, 3.05) is 17.2 Å². The molecule has 20 heavy (non-hydrogen) atoms. The molecule has 1 aliphatic heterocycles.